The molecule has 0 saturated carbocycles. The molecule has 0 unspecified atom stereocenters. The molecule has 3 aromatic rings. The Hall–Kier alpha value is -1.22. The molecule has 6 nitrogen and oxygen atoms in total. The number of carboxylic acids is 1. The number of fused-ring (bicyclic) bond motifs is 3. The molecule has 1 N–H and O–H groups in total. The number of carbonyl (C=O) groups is 2. The molecule has 0 spiro atoms. The third-order valence-electron chi connectivity index (χ3n) is 3.70. The van der Waals surface area contributed by atoms with Gasteiger partial charge in [0.25, 0.3) is 5.91 Å². The van der Waals surface area contributed by atoms with Crippen molar-refractivity contribution in [2.45, 2.75) is 0 Å². The number of methoxy groups -OCH3 is 1. The van der Waals surface area contributed by atoms with E-state index in [0.717, 1.165) is 0 Å². The third-order valence-corrected chi connectivity index (χ3v) is 3.70. The topological polar surface area (TPSA) is 82.9 Å². The van der Waals surface area contributed by atoms with E-state index in [0.29, 0.717) is 35.1 Å². The molecule has 0 aliphatic carbocycles. The zero-order chi connectivity index (χ0) is 16.4. The van der Waals surface area contributed by atoms with Crippen LogP contribution in [0.4, 0.5) is 0 Å². The molecule has 2 heterocycles. The molecule has 2 aromatic heterocycles. The van der Waals surface area contributed by atoms with E-state index in [1.165, 1.54) is 0 Å². The molecule has 1 aromatic carbocycles. The maximum absolute atomic E-state index is 12.1. The summed E-state index contributed by atoms with van der Waals surface area (Å²) in [5, 5.41) is 14.8. The van der Waals surface area contributed by atoms with Crippen molar-refractivity contribution in [1.29, 1.82) is 0 Å². The van der Waals surface area contributed by atoms with Crippen LogP contribution in [-0.4, -0.2) is 36.5 Å². The van der Waals surface area contributed by atoms with Gasteiger partial charge in [-0.05, 0) is 18.2 Å². The number of carbonyl (C=O) groups excluding carboxylic acids is 2. The molecule has 0 aliphatic rings. The number of carboxylic acid groups (broad SMARTS) is 1. The Morgan fingerprint density at radius 1 is 1.17 bits per heavy atom. The number of nitrogens with zero attached hydrogens (tertiary/aromatic N) is 1. The van der Waals surface area contributed by atoms with Crippen LogP contribution >= 0.6 is 0 Å². The molecule has 0 atom stereocenters. The summed E-state index contributed by atoms with van der Waals surface area (Å²) < 4.78 is 6.59. The van der Waals surface area contributed by atoms with Crippen molar-refractivity contribution in [2.24, 2.45) is 0 Å². The number of benzene rings is 1. The van der Waals surface area contributed by atoms with Crippen molar-refractivity contribution in [3.05, 3.63) is 53.7 Å². The first-order valence-corrected chi connectivity index (χ1v) is 7.14. The maximum Gasteiger partial charge on any atom is 1.00 e. The zero-order valence-corrected chi connectivity index (χ0v) is 16.7. The number of aromatic carboxylic acids is 1. The average molecular weight is 350 g/mol. The van der Waals surface area contributed by atoms with E-state index in [2.05, 4.69) is 5.32 Å². The Morgan fingerprint density at radius 2 is 1.92 bits per heavy atom. The van der Waals surface area contributed by atoms with Gasteiger partial charge in [0.2, 0.25) is 0 Å². The van der Waals surface area contributed by atoms with Crippen molar-refractivity contribution in [3.63, 3.8) is 0 Å². The number of pyridine rings is 1. The van der Waals surface area contributed by atoms with Gasteiger partial charge in [-0.1, -0.05) is 18.2 Å². The van der Waals surface area contributed by atoms with Gasteiger partial charge in [-0.2, -0.15) is 0 Å². The summed E-state index contributed by atoms with van der Waals surface area (Å²) in [4.78, 5) is 23.6. The van der Waals surface area contributed by atoms with E-state index in [1.54, 1.807) is 48.0 Å². The second-order valence-electron chi connectivity index (χ2n) is 5.10. The number of ether oxygens (including phenoxy) is 1. The first kappa shape index (κ1) is 19.1. The third kappa shape index (κ3) is 3.56. The molecular weight excluding hydrogens is 335 g/mol. The molecule has 1 amide bonds. The van der Waals surface area contributed by atoms with Gasteiger partial charge in [0.1, 0.15) is 0 Å². The van der Waals surface area contributed by atoms with Crippen LogP contribution in [0.2, 0.25) is 0 Å². The van der Waals surface area contributed by atoms with Crippen LogP contribution in [0.25, 0.3) is 16.4 Å². The Labute approximate surface area is 181 Å². The van der Waals surface area contributed by atoms with E-state index in [-0.39, 0.29) is 62.9 Å². The number of rotatable bonds is 5. The van der Waals surface area contributed by atoms with Crippen LogP contribution in [-0.2, 0) is 4.74 Å². The molecule has 118 valence electrons. The standard InChI is InChI=1S/C17H16N2O4.K/c1-23-9-8-18-16(20)11-6-7-14-15(17(21)22)12-4-2-3-5-13(12)19(14)10-11;/h2-7,10H,8-9H2,1H3,(H,18,20)(H,21,22);/q;+1/p-1. The monoisotopic (exact) mass is 350 g/mol. The number of para-hydroxylation sites is 1. The molecule has 0 fully saturated rings. The minimum Gasteiger partial charge on any atom is -0.545 e. The average Bonchev–Trinajstić information content (AvgIpc) is 2.88. The number of hydrogen-bond acceptors (Lipinski definition) is 4. The van der Waals surface area contributed by atoms with E-state index >= 15 is 0 Å². The molecular formula is C17H15KN2O4. The minimum atomic E-state index is -1.24. The summed E-state index contributed by atoms with van der Waals surface area (Å²) in [6.07, 6.45) is 1.63. The number of aromatic nitrogens is 1. The Balaban J connectivity index is 0.00000208. The van der Waals surface area contributed by atoms with Crippen molar-refractivity contribution in [3.8, 4) is 0 Å². The summed E-state index contributed by atoms with van der Waals surface area (Å²) >= 11 is 0. The zero-order valence-electron chi connectivity index (χ0n) is 13.5. The number of amides is 1. The Kier molecular flexibility index (Phi) is 6.56. The van der Waals surface area contributed by atoms with Gasteiger partial charge in [0, 0.05) is 30.8 Å². The van der Waals surface area contributed by atoms with Crippen molar-refractivity contribution >= 4 is 28.3 Å². The van der Waals surface area contributed by atoms with E-state index in [4.69, 9.17) is 4.74 Å². The smallest absolute Gasteiger partial charge is 0.545 e. The second kappa shape index (κ2) is 8.24. The van der Waals surface area contributed by atoms with Gasteiger partial charge in [0.15, 0.2) is 0 Å². The van der Waals surface area contributed by atoms with Crippen LogP contribution in [0.5, 0.6) is 0 Å². The van der Waals surface area contributed by atoms with Gasteiger partial charge in [0.05, 0.1) is 29.2 Å². The quantitative estimate of drug-likeness (QED) is 0.420. The second-order valence-corrected chi connectivity index (χ2v) is 5.10. The van der Waals surface area contributed by atoms with Gasteiger partial charge < -0.3 is 24.4 Å². The van der Waals surface area contributed by atoms with Crippen molar-refractivity contribution in [1.82, 2.24) is 9.72 Å². The normalized spacial score (nSPS) is 10.5. The van der Waals surface area contributed by atoms with Gasteiger partial charge >= 0.3 is 51.4 Å². The van der Waals surface area contributed by atoms with Crippen LogP contribution in [0.1, 0.15) is 20.7 Å². The molecule has 0 radical (unpaired) electrons. The molecule has 0 saturated heterocycles. The Morgan fingerprint density at radius 3 is 2.62 bits per heavy atom. The fourth-order valence-corrected chi connectivity index (χ4v) is 2.65. The fraction of sp³-hybridized carbons (Fsp3) is 0.176. The summed E-state index contributed by atoms with van der Waals surface area (Å²) in [7, 11) is 1.56. The van der Waals surface area contributed by atoms with E-state index < -0.39 is 5.97 Å². The molecule has 0 aliphatic heterocycles. The van der Waals surface area contributed by atoms with Crippen molar-refractivity contribution < 1.29 is 70.8 Å². The van der Waals surface area contributed by atoms with E-state index in [1.807, 2.05) is 6.07 Å². The van der Waals surface area contributed by atoms with Crippen LogP contribution in [0, 0.1) is 0 Å². The molecule has 3 rings (SSSR count). The van der Waals surface area contributed by atoms with Gasteiger partial charge in [-0.25, -0.2) is 0 Å². The van der Waals surface area contributed by atoms with Gasteiger partial charge in [-0.15, -0.1) is 0 Å². The summed E-state index contributed by atoms with van der Waals surface area (Å²) in [5.74, 6) is -1.47. The first-order valence-electron chi connectivity index (χ1n) is 7.14. The fourth-order valence-electron chi connectivity index (χ4n) is 2.65. The molecule has 0 bridgehead atoms. The van der Waals surface area contributed by atoms with Crippen LogP contribution < -0.4 is 61.8 Å². The van der Waals surface area contributed by atoms with Crippen LogP contribution in [0.3, 0.4) is 0 Å². The summed E-state index contributed by atoms with van der Waals surface area (Å²) in [5.41, 5.74) is 1.79. The number of nitrogens with one attached hydrogen (secondary N) is 1. The minimum absolute atomic E-state index is 0. The maximum atomic E-state index is 12.1. The number of hydrogen-bond donors (Lipinski definition) is 1. The predicted molar refractivity (Wildman–Crippen MR) is 83.4 cm³/mol. The summed E-state index contributed by atoms with van der Waals surface area (Å²) in [6, 6.07) is 10.3. The predicted octanol–water partition coefficient (Wildman–Crippen LogP) is -2.16. The van der Waals surface area contributed by atoms with Crippen LogP contribution in [0.15, 0.2) is 42.6 Å². The van der Waals surface area contributed by atoms with E-state index in [9.17, 15) is 14.7 Å². The van der Waals surface area contributed by atoms with Crippen molar-refractivity contribution in [2.75, 3.05) is 20.3 Å². The largest absolute Gasteiger partial charge is 1.00 e. The summed E-state index contributed by atoms with van der Waals surface area (Å²) in [6.45, 7) is 0.833. The Bertz CT molecular complexity index is 904. The first-order chi connectivity index (χ1) is 11.1. The molecule has 7 heteroatoms. The van der Waals surface area contributed by atoms with Gasteiger partial charge in [-0.3, -0.25) is 4.79 Å². The SMILES string of the molecule is COCCNC(=O)c1ccc2c(C(=O)[O-])c3ccccc3n2c1.[K+]. The molecule has 24 heavy (non-hydrogen) atoms.